The lowest BCUT2D eigenvalue weighted by atomic mass is 10.2. The van der Waals surface area contributed by atoms with Crippen LogP contribution in [0.25, 0.3) is 11.5 Å². The second-order valence-electron chi connectivity index (χ2n) is 5.90. The molecular weight excluding hydrogens is 374 g/mol. The molecule has 0 spiro atoms. The van der Waals surface area contributed by atoms with Gasteiger partial charge >= 0.3 is 0 Å². The van der Waals surface area contributed by atoms with Gasteiger partial charge in [0.15, 0.2) is 0 Å². The Balaban J connectivity index is 1.54. The highest BCUT2D eigenvalue weighted by molar-refractivity contribution is 7.88. The minimum absolute atomic E-state index is 0.0624. The second kappa shape index (κ2) is 7.99. The van der Waals surface area contributed by atoms with E-state index < -0.39 is 10.0 Å². The van der Waals surface area contributed by atoms with Crippen molar-refractivity contribution >= 4 is 21.6 Å². The Labute approximate surface area is 157 Å². The molecule has 8 heteroatoms. The van der Waals surface area contributed by atoms with Crippen LogP contribution in [0.2, 0.25) is 5.02 Å². The summed E-state index contributed by atoms with van der Waals surface area (Å²) >= 11 is 5.85. The molecule has 6 nitrogen and oxygen atoms in total. The molecule has 1 heterocycles. The summed E-state index contributed by atoms with van der Waals surface area (Å²) in [7, 11) is -3.42. The fourth-order valence-electron chi connectivity index (χ4n) is 2.33. The molecule has 0 bridgehead atoms. The summed E-state index contributed by atoms with van der Waals surface area (Å²) in [5.74, 6) is 0.680. The predicted molar refractivity (Wildman–Crippen MR) is 100 cm³/mol. The van der Waals surface area contributed by atoms with Gasteiger partial charge < -0.3 is 4.42 Å². The minimum Gasteiger partial charge on any atom is -0.421 e. The van der Waals surface area contributed by atoms with Gasteiger partial charge in [0.2, 0.25) is 21.8 Å². The van der Waals surface area contributed by atoms with Crippen molar-refractivity contribution in [1.82, 2.24) is 14.9 Å². The molecule has 0 saturated carbocycles. The number of rotatable bonds is 7. The molecule has 0 fully saturated rings. The van der Waals surface area contributed by atoms with Gasteiger partial charge in [-0.2, -0.15) is 0 Å². The number of benzene rings is 2. The van der Waals surface area contributed by atoms with Gasteiger partial charge in [0.1, 0.15) is 0 Å². The van der Waals surface area contributed by atoms with E-state index in [0.717, 1.165) is 16.7 Å². The molecule has 0 saturated heterocycles. The van der Waals surface area contributed by atoms with Gasteiger partial charge in [-0.25, -0.2) is 13.1 Å². The van der Waals surface area contributed by atoms with Crippen molar-refractivity contribution in [3.8, 4) is 11.5 Å². The fourth-order valence-corrected chi connectivity index (χ4v) is 3.60. The average Bonchev–Trinajstić information content (AvgIpc) is 3.06. The zero-order valence-corrected chi connectivity index (χ0v) is 15.7. The van der Waals surface area contributed by atoms with Crippen molar-refractivity contribution in [2.45, 2.75) is 19.1 Å². The summed E-state index contributed by atoms with van der Waals surface area (Å²) < 4.78 is 32.4. The first-order valence-corrected chi connectivity index (χ1v) is 10.1. The zero-order chi connectivity index (χ0) is 18.6. The van der Waals surface area contributed by atoms with E-state index in [1.165, 1.54) is 0 Å². The van der Waals surface area contributed by atoms with Gasteiger partial charge in [-0.1, -0.05) is 41.4 Å². The Morgan fingerprint density at radius 1 is 1.04 bits per heavy atom. The molecule has 0 amide bonds. The molecule has 3 rings (SSSR count). The minimum atomic E-state index is -3.42. The van der Waals surface area contributed by atoms with E-state index in [4.69, 9.17) is 16.0 Å². The van der Waals surface area contributed by atoms with Crippen LogP contribution in [0, 0.1) is 6.92 Å². The van der Waals surface area contributed by atoms with Gasteiger partial charge in [-0.05, 0) is 36.8 Å². The zero-order valence-electron chi connectivity index (χ0n) is 14.1. The van der Waals surface area contributed by atoms with Crippen molar-refractivity contribution in [2.24, 2.45) is 0 Å². The lowest BCUT2D eigenvalue weighted by Gasteiger charge is -2.06. The van der Waals surface area contributed by atoms with Gasteiger partial charge in [0.25, 0.3) is 0 Å². The topological polar surface area (TPSA) is 85.1 Å². The van der Waals surface area contributed by atoms with E-state index >= 15 is 0 Å². The van der Waals surface area contributed by atoms with Crippen molar-refractivity contribution < 1.29 is 12.8 Å². The number of aryl methyl sites for hydroxylation is 1. The summed E-state index contributed by atoms with van der Waals surface area (Å²) in [4.78, 5) is 0. The van der Waals surface area contributed by atoms with Crippen LogP contribution in [0.5, 0.6) is 0 Å². The van der Waals surface area contributed by atoms with Crippen LogP contribution in [-0.2, 0) is 22.2 Å². The van der Waals surface area contributed by atoms with Crippen LogP contribution < -0.4 is 4.72 Å². The highest BCUT2D eigenvalue weighted by Crippen LogP contribution is 2.20. The third kappa shape index (κ3) is 5.14. The molecule has 2 aromatic carbocycles. The maximum Gasteiger partial charge on any atom is 0.247 e. The second-order valence-corrected chi connectivity index (χ2v) is 8.14. The highest BCUT2D eigenvalue weighted by atomic mass is 35.5. The molecule has 0 atom stereocenters. The number of nitrogens with one attached hydrogen (secondary N) is 1. The van der Waals surface area contributed by atoms with Crippen molar-refractivity contribution in [3.05, 3.63) is 70.6 Å². The number of nitrogens with zero attached hydrogens (tertiary/aromatic N) is 2. The van der Waals surface area contributed by atoms with Crippen molar-refractivity contribution in [2.75, 3.05) is 6.54 Å². The largest absolute Gasteiger partial charge is 0.421 e. The fraction of sp³-hybridized carbons (Fsp3) is 0.222. The first kappa shape index (κ1) is 18.6. The van der Waals surface area contributed by atoms with Crippen LogP contribution in [0.3, 0.4) is 0 Å². The number of aromatic nitrogens is 2. The van der Waals surface area contributed by atoms with Gasteiger partial charge in [-0.15, -0.1) is 10.2 Å². The Morgan fingerprint density at radius 3 is 2.42 bits per heavy atom. The molecule has 26 heavy (non-hydrogen) atoms. The van der Waals surface area contributed by atoms with E-state index in [2.05, 4.69) is 14.9 Å². The predicted octanol–water partition coefficient (Wildman–Crippen LogP) is 3.36. The first-order chi connectivity index (χ1) is 12.4. The Hall–Kier alpha value is -2.22. The maximum absolute atomic E-state index is 12.1. The lowest BCUT2D eigenvalue weighted by molar-refractivity contribution is 0.502. The van der Waals surface area contributed by atoms with Gasteiger partial charge in [-0.3, -0.25) is 0 Å². The van der Waals surface area contributed by atoms with Crippen molar-refractivity contribution in [3.63, 3.8) is 0 Å². The molecule has 136 valence electrons. The third-order valence-electron chi connectivity index (χ3n) is 3.70. The normalized spacial score (nSPS) is 11.6. The van der Waals surface area contributed by atoms with Gasteiger partial charge in [0, 0.05) is 23.6 Å². The molecule has 0 radical (unpaired) electrons. The average molecular weight is 392 g/mol. The molecule has 0 unspecified atom stereocenters. The Kier molecular flexibility index (Phi) is 5.70. The molecule has 0 aliphatic rings. The van der Waals surface area contributed by atoms with Crippen LogP contribution in [0.15, 0.2) is 52.9 Å². The van der Waals surface area contributed by atoms with Crippen LogP contribution in [0.4, 0.5) is 0 Å². The molecule has 1 N–H and O–H groups in total. The van der Waals surface area contributed by atoms with Crippen molar-refractivity contribution in [1.29, 1.82) is 0 Å². The summed E-state index contributed by atoms with van der Waals surface area (Å²) in [5, 5.41) is 8.54. The molecule has 0 aliphatic carbocycles. The lowest BCUT2D eigenvalue weighted by Crippen LogP contribution is -2.27. The van der Waals surface area contributed by atoms with E-state index in [9.17, 15) is 8.42 Å². The maximum atomic E-state index is 12.1. The number of hydrogen-bond acceptors (Lipinski definition) is 5. The quantitative estimate of drug-likeness (QED) is 0.667. The van der Waals surface area contributed by atoms with Crippen LogP contribution >= 0.6 is 11.6 Å². The van der Waals surface area contributed by atoms with Gasteiger partial charge in [0.05, 0.1) is 5.75 Å². The van der Waals surface area contributed by atoms with E-state index in [1.54, 1.807) is 24.3 Å². The van der Waals surface area contributed by atoms with Crippen LogP contribution in [0.1, 0.15) is 17.0 Å². The molecule has 0 aliphatic heterocycles. The number of halogens is 1. The SMILES string of the molecule is Cc1ccc(CS(=O)(=O)NCCc2nnc(-c3ccc(Cl)cc3)o2)cc1. The van der Waals surface area contributed by atoms with E-state index in [-0.39, 0.29) is 12.3 Å². The molecule has 1 aromatic heterocycles. The molecular formula is C18H18ClN3O3S. The monoisotopic (exact) mass is 391 g/mol. The Bertz CT molecular complexity index is 968. The van der Waals surface area contributed by atoms with Crippen LogP contribution in [-0.4, -0.2) is 25.2 Å². The standard InChI is InChI=1S/C18H18ClN3O3S/c1-13-2-4-14(5-3-13)12-26(23,24)20-11-10-17-21-22-18(25-17)15-6-8-16(19)9-7-15/h2-9,20H,10-12H2,1H3. The summed E-state index contributed by atoms with van der Waals surface area (Å²) in [6.07, 6.45) is 0.313. The number of hydrogen-bond donors (Lipinski definition) is 1. The molecule has 3 aromatic rings. The van der Waals surface area contributed by atoms with E-state index in [1.807, 2.05) is 31.2 Å². The smallest absolute Gasteiger partial charge is 0.247 e. The summed E-state index contributed by atoms with van der Waals surface area (Å²) in [5.41, 5.74) is 2.59. The summed E-state index contributed by atoms with van der Waals surface area (Å²) in [6.45, 7) is 2.15. The summed E-state index contributed by atoms with van der Waals surface area (Å²) in [6, 6.07) is 14.4. The first-order valence-electron chi connectivity index (χ1n) is 8.02. The van der Waals surface area contributed by atoms with E-state index in [0.29, 0.717) is 23.2 Å². The number of sulfonamides is 1. The highest BCUT2D eigenvalue weighted by Gasteiger charge is 2.13. The third-order valence-corrected chi connectivity index (χ3v) is 5.31. The Morgan fingerprint density at radius 2 is 1.73 bits per heavy atom.